The second kappa shape index (κ2) is 12.2. The first-order valence-electron chi connectivity index (χ1n) is 10.4. The van der Waals surface area contributed by atoms with Gasteiger partial charge in [0, 0.05) is 26.2 Å². The van der Waals surface area contributed by atoms with Crippen LogP contribution in [0.5, 0.6) is 5.75 Å². The van der Waals surface area contributed by atoms with E-state index < -0.39 is 5.60 Å². The Hall–Kier alpha value is -1.71. The summed E-state index contributed by atoms with van der Waals surface area (Å²) in [5.41, 5.74) is 1.89. The lowest BCUT2D eigenvalue weighted by Gasteiger charge is -2.23. The zero-order chi connectivity index (χ0) is 21.4. The highest BCUT2D eigenvalue weighted by molar-refractivity contribution is 14.0. The number of alkyl carbamates (subject to hydrolysis) is 1. The monoisotopic (exact) mass is 532 g/mol. The van der Waals surface area contributed by atoms with Crippen LogP contribution in [0.2, 0.25) is 0 Å². The summed E-state index contributed by atoms with van der Waals surface area (Å²) in [5.74, 6) is 1.78. The number of carbonyl (C=O) groups excluding carboxylic acids is 1. The number of aryl methyl sites for hydroxylation is 1. The Morgan fingerprint density at radius 1 is 1.33 bits per heavy atom. The van der Waals surface area contributed by atoms with Crippen LogP contribution in [-0.2, 0) is 11.2 Å². The highest BCUT2D eigenvalue weighted by Crippen LogP contribution is 2.20. The van der Waals surface area contributed by atoms with E-state index in [0.717, 1.165) is 49.7 Å². The topological polar surface area (TPSA) is 75.2 Å². The van der Waals surface area contributed by atoms with E-state index in [-0.39, 0.29) is 36.1 Å². The Kier molecular flexibility index (Phi) is 10.7. The second-order valence-corrected chi connectivity index (χ2v) is 8.38. The van der Waals surface area contributed by atoms with E-state index in [9.17, 15) is 4.79 Å². The van der Waals surface area contributed by atoms with Crippen molar-refractivity contribution in [1.82, 2.24) is 15.5 Å². The molecule has 30 heavy (non-hydrogen) atoms. The largest absolute Gasteiger partial charge is 0.496 e. The molecule has 1 aromatic carbocycles. The first-order chi connectivity index (χ1) is 13.7. The van der Waals surface area contributed by atoms with Crippen molar-refractivity contribution in [3.8, 4) is 5.75 Å². The van der Waals surface area contributed by atoms with Crippen molar-refractivity contribution in [2.24, 2.45) is 4.99 Å². The van der Waals surface area contributed by atoms with Crippen molar-refractivity contribution in [3.63, 3.8) is 0 Å². The van der Waals surface area contributed by atoms with Crippen LogP contribution in [0.4, 0.5) is 4.79 Å². The predicted octanol–water partition coefficient (Wildman–Crippen LogP) is 3.73. The zero-order valence-corrected chi connectivity index (χ0v) is 21.4. The summed E-state index contributed by atoms with van der Waals surface area (Å²) in [5, 5.41) is 6.33. The number of halogens is 1. The molecule has 2 N–H and O–H groups in total. The number of amides is 1. The molecule has 1 aromatic rings. The molecule has 1 amide bonds. The van der Waals surface area contributed by atoms with E-state index in [1.165, 1.54) is 5.56 Å². The SMILES string of the molecule is CCNC(=NCCc1cc(C)ccc1OC)N1CCC(NC(=O)OC(C)(C)C)C1.I. The number of likely N-dealkylation sites (tertiary alicyclic amines) is 1. The maximum atomic E-state index is 12.0. The van der Waals surface area contributed by atoms with Crippen molar-refractivity contribution in [2.75, 3.05) is 33.3 Å². The van der Waals surface area contributed by atoms with E-state index in [1.807, 2.05) is 26.8 Å². The fourth-order valence-electron chi connectivity index (χ4n) is 3.36. The van der Waals surface area contributed by atoms with Crippen LogP contribution < -0.4 is 15.4 Å². The van der Waals surface area contributed by atoms with Crippen LogP contribution in [0, 0.1) is 6.92 Å². The molecule has 0 aromatic heterocycles. The number of benzene rings is 1. The van der Waals surface area contributed by atoms with E-state index in [1.54, 1.807) is 7.11 Å². The Labute approximate surface area is 198 Å². The molecule has 7 nitrogen and oxygen atoms in total. The third kappa shape index (κ3) is 8.57. The van der Waals surface area contributed by atoms with Crippen molar-refractivity contribution >= 4 is 36.0 Å². The molecular formula is C22H37IN4O3. The molecule has 170 valence electrons. The fraction of sp³-hybridized carbons (Fsp3) is 0.636. The molecule has 0 aliphatic carbocycles. The number of carbonyl (C=O) groups is 1. The molecule has 1 saturated heterocycles. The van der Waals surface area contributed by atoms with E-state index in [4.69, 9.17) is 14.5 Å². The average Bonchev–Trinajstić information content (AvgIpc) is 3.07. The second-order valence-electron chi connectivity index (χ2n) is 8.38. The van der Waals surface area contributed by atoms with Gasteiger partial charge in [-0.25, -0.2) is 4.79 Å². The molecular weight excluding hydrogens is 495 g/mol. The van der Waals surface area contributed by atoms with Gasteiger partial charge in [0.1, 0.15) is 11.4 Å². The molecule has 2 rings (SSSR count). The van der Waals surface area contributed by atoms with Gasteiger partial charge in [0.2, 0.25) is 0 Å². The minimum Gasteiger partial charge on any atom is -0.496 e. The standard InChI is InChI=1S/C22H36N4O3.HI/c1-7-23-20(24-12-10-17-14-16(2)8-9-19(17)28-6)26-13-11-18(15-26)25-21(27)29-22(3,4)5;/h8-9,14,18H,7,10-13,15H2,1-6H3,(H,23,24)(H,25,27);1H. The van der Waals surface area contributed by atoms with Gasteiger partial charge in [0.15, 0.2) is 5.96 Å². The third-order valence-corrected chi connectivity index (χ3v) is 4.62. The van der Waals surface area contributed by atoms with Gasteiger partial charge in [-0.15, -0.1) is 24.0 Å². The van der Waals surface area contributed by atoms with Gasteiger partial charge in [-0.3, -0.25) is 4.99 Å². The van der Waals surface area contributed by atoms with Gasteiger partial charge in [-0.05, 0) is 59.1 Å². The molecule has 0 spiro atoms. The van der Waals surface area contributed by atoms with Crippen molar-refractivity contribution < 1.29 is 14.3 Å². The average molecular weight is 532 g/mol. The highest BCUT2D eigenvalue weighted by Gasteiger charge is 2.27. The molecule has 8 heteroatoms. The molecule has 0 bridgehead atoms. The minimum absolute atomic E-state index is 0. The molecule has 1 unspecified atom stereocenters. The molecule has 1 fully saturated rings. The van der Waals surface area contributed by atoms with Crippen LogP contribution >= 0.6 is 24.0 Å². The van der Waals surface area contributed by atoms with Gasteiger partial charge in [0.25, 0.3) is 0 Å². The third-order valence-electron chi connectivity index (χ3n) is 4.62. The van der Waals surface area contributed by atoms with Gasteiger partial charge < -0.3 is 25.0 Å². The maximum absolute atomic E-state index is 12.0. The first-order valence-corrected chi connectivity index (χ1v) is 10.4. The van der Waals surface area contributed by atoms with Crippen molar-refractivity contribution in [3.05, 3.63) is 29.3 Å². The predicted molar refractivity (Wildman–Crippen MR) is 132 cm³/mol. The number of nitrogens with zero attached hydrogens (tertiary/aromatic N) is 2. The molecule has 1 heterocycles. The first kappa shape index (κ1) is 26.3. The lowest BCUT2D eigenvalue weighted by atomic mass is 10.1. The maximum Gasteiger partial charge on any atom is 0.407 e. The Balaban J connectivity index is 0.00000450. The van der Waals surface area contributed by atoms with Gasteiger partial charge >= 0.3 is 6.09 Å². The number of ether oxygens (including phenoxy) is 2. The van der Waals surface area contributed by atoms with Crippen LogP contribution in [0.15, 0.2) is 23.2 Å². The number of aliphatic imine (C=N–C) groups is 1. The number of methoxy groups -OCH3 is 1. The van der Waals surface area contributed by atoms with E-state index in [2.05, 4.69) is 41.5 Å². The Morgan fingerprint density at radius 2 is 2.07 bits per heavy atom. The van der Waals surface area contributed by atoms with Crippen molar-refractivity contribution in [2.45, 2.75) is 59.1 Å². The molecule has 0 saturated carbocycles. The van der Waals surface area contributed by atoms with Gasteiger partial charge in [0.05, 0.1) is 13.2 Å². The normalized spacial score (nSPS) is 16.7. The fourth-order valence-corrected chi connectivity index (χ4v) is 3.36. The molecule has 0 radical (unpaired) electrons. The lowest BCUT2D eigenvalue weighted by Crippen LogP contribution is -2.44. The smallest absolute Gasteiger partial charge is 0.407 e. The van der Waals surface area contributed by atoms with Gasteiger partial charge in [-0.1, -0.05) is 17.7 Å². The number of hydrogen-bond donors (Lipinski definition) is 2. The van der Waals surface area contributed by atoms with E-state index >= 15 is 0 Å². The molecule has 1 atom stereocenters. The van der Waals surface area contributed by atoms with Crippen LogP contribution in [0.25, 0.3) is 0 Å². The summed E-state index contributed by atoms with van der Waals surface area (Å²) >= 11 is 0. The summed E-state index contributed by atoms with van der Waals surface area (Å²) in [7, 11) is 1.70. The van der Waals surface area contributed by atoms with Crippen LogP contribution in [0.3, 0.4) is 0 Å². The van der Waals surface area contributed by atoms with Gasteiger partial charge in [-0.2, -0.15) is 0 Å². The quantitative estimate of drug-likeness (QED) is 0.332. The Morgan fingerprint density at radius 3 is 2.70 bits per heavy atom. The van der Waals surface area contributed by atoms with E-state index in [0.29, 0.717) is 6.54 Å². The summed E-state index contributed by atoms with van der Waals surface area (Å²) in [6.07, 6.45) is 1.32. The number of guanidine groups is 1. The lowest BCUT2D eigenvalue weighted by molar-refractivity contribution is 0.0507. The number of rotatable bonds is 6. The van der Waals surface area contributed by atoms with Crippen LogP contribution in [0.1, 0.15) is 45.2 Å². The summed E-state index contributed by atoms with van der Waals surface area (Å²) in [6, 6.07) is 6.27. The number of hydrogen-bond acceptors (Lipinski definition) is 4. The summed E-state index contributed by atoms with van der Waals surface area (Å²) < 4.78 is 10.8. The number of nitrogens with one attached hydrogen (secondary N) is 2. The molecule has 1 aliphatic heterocycles. The zero-order valence-electron chi connectivity index (χ0n) is 19.1. The summed E-state index contributed by atoms with van der Waals surface area (Å²) in [6.45, 7) is 12.8. The minimum atomic E-state index is -0.490. The van der Waals surface area contributed by atoms with Crippen LogP contribution in [-0.4, -0.2) is 61.9 Å². The summed E-state index contributed by atoms with van der Waals surface area (Å²) in [4.78, 5) is 19.0. The Bertz CT molecular complexity index is 719. The molecule has 1 aliphatic rings. The van der Waals surface area contributed by atoms with Crippen molar-refractivity contribution in [1.29, 1.82) is 0 Å². The highest BCUT2D eigenvalue weighted by atomic mass is 127.